The molecule has 0 aromatic carbocycles. The molecule has 0 spiro atoms. The molecule has 0 rings (SSSR count). The van der Waals surface area contributed by atoms with Crippen LogP contribution >= 0.6 is 0 Å². The zero-order valence-corrected chi connectivity index (χ0v) is 11.0. The van der Waals surface area contributed by atoms with Crippen molar-refractivity contribution in [3.63, 3.8) is 0 Å². The smallest absolute Gasteiger partial charge is 0.102 e. The highest BCUT2D eigenvalue weighted by Gasteiger charge is 1.73. The standard InChI is InChI=1S/C3H6N18O/c1-3(2)4-5-6-7-8-9-10-11-12-13-14-15-16-17-18-19-20-21-22/h1-2H3. The SMILES string of the molecule is CC(C)=NN=NN=NN=NN=NN=NN=NN=NN=NN=O. The normalized spacial score (nSPS) is 13.5. The molecule has 0 N–H and O–H groups in total. The van der Waals surface area contributed by atoms with E-state index in [1.165, 1.54) is 0 Å². The minimum atomic E-state index is 0.695. The van der Waals surface area contributed by atoms with Gasteiger partial charge in [-0.25, -0.2) is 0 Å². The Morgan fingerprint density at radius 1 is 0.455 bits per heavy atom. The number of hydrogen-bond donors (Lipinski definition) is 0. The van der Waals surface area contributed by atoms with Gasteiger partial charge in [-0.05, 0) is 55.6 Å². The Morgan fingerprint density at radius 3 is 1.00 bits per heavy atom. The van der Waals surface area contributed by atoms with Crippen LogP contribution in [0.25, 0.3) is 0 Å². The van der Waals surface area contributed by atoms with Crippen LogP contribution in [0, 0.1) is 4.91 Å². The van der Waals surface area contributed by atoms with Crippen LogP contribution in [-0.2, 0) is 0 Å². The number of rotatable bonds is 9. The van der Waals surface area contributed by atoms with Crippen LogP contribution < -0.4 is 0 Å². The van der Waals surface area contributed by atoms with Crippen molar-refractivity contribution in [2.45, 2.75) is 13.8 Å². The van der Waals surface area contributed by atoms with Crippen LogP contribution in [0.3, 0.4) is 0 Å². The van der Waals surface area contributed by atoms with E-state index in [2.05, 4.69) is 88.7 Å². The summed E-state index contributed by atoms with van der Waals surface area (Å²) in [6.07, 6.45) is 0. The van der Waals surface area contributed by atoms with Crippen molar-refractivity contribution in [3.8, 4) is 0 Å². The second-order valence-corrected chi connectivity index (χ2v) is 2.56. The summed E-state index contributed by atoms with van der Waals surface area (Å²) in [7, 11) is 0. The van der Waals surface area contributed by atoms with Crippen molar-refractivity contribution in [2.75, 3.05) is 0 Å². The quantitative estimate of drug-likeness (QED) is 0.259. The highest BCUT2D eigenvalue weighted by molar-refractivity contribution is 5.78. The fourth-order valence-electron chi connectivity index (χ4n) is 0.376. The molecule has 0 atom stereocenters. The molecular weight excluding hydrogens is 304 g/mol. The predicted molar refractivity (Wildman–Crippen MR) is 63.4 cm³/mol. The lowest BCUT2D eigenvalue weighted by Crippen LogP contribution is -1.74. The van der Waals surface area contributed by atoms with Gasteiger partial charge in [0, 0.05) is 47.5 Å². The van der Waals surface area contributed by atoms with Crippen molar-refractivity contribution in [2.24, 2.45) is 94.0 Å². The summed E-state index contributed by atoms with van der Waals surface area (Å²) in [6.45, 7) is 3.45. The third-order valence-electron chi connectivity index (χ3n) is 0.881. The van der Waals surface area contributed by atoms with Crippen LogP contribution in [0.1, 0.15) is 13.8 Å². The molecule has 0 aromatic rings. The largest absolute Gasteiger partial charge is 0.139 e. The summed E-state index contributed by atoms with van der Waals surface area (Å²) in [4.78, 5) is 9.41. The molecule has 0 aliphatic carbocycles. The predicted octanol–water partition coefficient (Wildman–Crippen LogP) is 4.09. The molecule has 0 aliphatic heterocycles. The maximum atomic E-state index is 9.41. The molecule has 0 radical (unpaired) electrons. The Labute approximate surface area is 119 Å². The van der Waals surface area contributed by atoms with Gasteiger partial charge in [0.2, 0.25) is 0 Å². The summed E-state index contributed by atoms with van der Waals surface area (Å²) in [6, 6.07) is 0. The summed E-state index contributed by atoms with van der Waals surface area (Å²) in [5, 5.41) is 53.1. The van der Waals surface area contributed by atoms with E-state index in [1.807, 2.05) is 5.29 Å². The Kier molecular flexibility index (Phi) is 12.4. The molecule has 22 heavy (non-hydrogen) atoms. The van der Waals surface area contributed by atoms with Gasteiger partial charge in [-0.15, -0.1) is 10.0 Å². The molecule has 0 heterocycles. The number of hydrogen-bond acceptors (Lipinski definition) is 2. The molecule has 19 nitrogen and oxygen atoms in total. The average molecular weight is 310 g/mol. The van der Waals surface area contributed by atoms with Crippen molar-refractivity contribution in [1.82, 2.24) is 0 Å². The average Bonchev–Trinajstić information content (AvgIpc) is 2.50. The van der Waals surface area contributed by atoms with Gasteiger partial charge in [-0.2, -0.15) is 0 Å². The van der Waals surface area contributed by atoms with E-state index in [0.29, 0.717) is 5.71 Å². The van der Waals surface area contributed by atoms with Crippen LogP contribution in [0.15, 0.2) is 94.0 Å². The molecule has 0 saturated carbocycles. The van der Waals surface area contributed by atoms with E-state index < -0.39 is 0 Å². The number of nitroso groups, excluding NO2 is 1. The molecule has 0 fully saturated rings. The highest BCUT2D eigenvalue weighted by Crippen LogP contribution is 1.89. The van der Waals surface area contributed by atoms with Crippen LogP contribution in [0.4, 0.5) is 0 Å². The van der Waals surface area contributed by atoms with Gasteiger partial charge in [0.05, 0.1) is 0 Å². The van der Waals surface area contributed by atoms with E-state index in [9.17, 15) is 4.91 Å². The summed E-state index contributed by atoms with van der Waals surface area (Å²) in [5.74, 6) is 0. The van der Waals surface area contributed by atoms with Gasteiger partial charge in [-0.3, -0.25) is 0 Å². The second kappa shape index (κ2) is 15.1. The van der Waals surface area contributed by atoms with E-state index in [1.54, 1.807) is 13.8 Å². The minimum Gasteiger partial charge on any atom is -0.139 e. The fraction of sp³-hybridized carbons (Fsp3) is 0.667. The van der Waals surface area contributed by atoms with Gasteiger partial charge in [0.25, 0.3) is 0 Å². The van der Waals surface area contributed by atoms with E-state index in [4.69, 9.17) is 0 Å². The van der Waals surface area contributed by atoms with E-state index >= 15 is 0 Å². The first-order chi connectivity index (χ1) is 10.8. The maximum absolute atomic E-state index is 9.41. The zero-order valence-electron chi connectivity index (χ0n) is 11.0. The molecule has 0 bridgehead atoms. The van der Waals surface area contributed by atoms with Crippen LogP contribution in [0.5, 0.6) is 0 Å². The topological polar surface area (TPSA) is 240 Å². The monoisotopic (exact) mass is 310 g/mol. The molecular formula is C3H6N18O. The summed E-state index contributed by atoms with van der Waals surface area (Å²) < 4.78 is 0. The van der Waals surface area contributed by atoms with Gasteiger partial charge in [-0.1, -0.05) is 0 Å². The minimum absolute atomic E-state index is 0.695. The molecule has 19 heteroatoms. The summed E-state index contributed by atoms with van der Waals surface area (Å²) in [5.41, 5.74) is 0.695. The van der Waals surface area contributed by atoms with Gasteiger partial charge in [0.15, 0.2) is 0 Å². The van der Waals surface area contributed by atoms with Crippen molar-refractivity contribution >= 4 is 5.71 Å². The Hall–Kier alpha value is -3.93. The lowest BCUT2D eigenvalue weighted by atomic mass is 10.5. The summed E-state index contributed by atoms with van der Waals surface area (Å²) >= 11 is 0. The fourth-order valence-corrected chi connectivity index (χ4v) is 0.376. The van der Waals surface area contributed by atoms with Crippen molar-refractivity contribution in [1.29, 1.82) is 0 Å². The van der Waals surface area contributed by atoms with Crippen LogP contribution in [-0.4, -0.2) is 5.71 Å². The van der Waals surface area contributed by atoms with Crippen LogP contribution in [0.2, 0.25) is 0 Å². The first-order valence-corrected chi connectivity index (χ1v) is 4.81. The molecule has 0 aliphatic rings. The third-order valence-corrected chi connectivity index (χ3v) is 0.881. The maximum Gasteiger partial charge on any atom is 0.102 e. The molecule has 114 valence electrons. The van der Waals surface area contributed by atoms with E-state index in [0.717, 1.165) is 0 Å². The second-order valence-electron chi connectivity index (χ2n) is 2.56. The molecule has 0 amide bonds. The third kappa shape index (κ3) is 16.1. The van der Waals surface area contributed by atoms with Crippen molar-refractivity contribution in [3.05, 3.63) is 4.91 Å². The van der Waals surface area contributed by atoms with E-state index in [-0.39, 0.29) is 0 Å². The zero-order chi connectivity index (χ0) is 16.3. The van der Waals surface area contributed by atoms with Gasteiger partial charge < -0.3 is 0 Å². The van der Waals surface area contributed by atoms with Crippen molar-refractivity contribution < 1.29 is 0 Å². The molecule has 0 saturated heterocycles. The Morgan fingerprint density at radius 2 is 0.727 bits per heavy atom. The van der Waals surface area contributed by atoms with Gasteiger partial charge >= 0.3 is 0 Å². The molecule has 0 unspecified atom stereocenters. The lowest BCUT2D eigenvalue weighted by molar-refractivity contribution is 0.742. The Bertz CT molecular complexity index is 553. The molecule has 0 aromatic heterocycles. The van der Waals surface area contributed by atoms with Gasteiger partial charge in [0.1, 0.15) is 5.29 Å². The lowest BCUT2D eigenvalue weighted by Gasteiger charge is -1.76. The first-order valence-electron chi connectivity index (χ1n) is 4.81. The first kappa shape index (κ1) is 18.1. The Balaban J connectivity index is 3.92. The number of nitrogens with zero attached hydrogens (tertiary/aromatic N) is 18. The highest BCUT2D eigenvalue weighted by atomic mass is 16.3.